The van der Waals surface area contributed by atoms with Gasteiger partial charge in [0.05, 0.1) is 13.2 Å². The highest BCUT2D eigenvalue weighted by Gasteiger charge is 2.31. The molecule has 1 aromatic heterocycles. The number of fused-ring (bicyclic) bond motifs is 1. The van der Waals surface area contributed by atoms with Crippen LogP contribution in [0, 0.1) is 0 Å². The molecule has 0 radical (unpaired) electrons. The van der Waals surface area contributed by atoms with Crippen LogP contribution in [0.3, 0.4) is 0 Å². The number of hydrogen-bond acceptors (Lipinski definition) is 8. The van der Waals surface area contributed by atoms with Crippen molar-refractivity contribution in [3.8, 4) is 17.2 Å². The third kappa shape index (κ3) is 8.69. The Hall–Kier alpha value is -4.66. The first kappa shape index (κ1) is 32.3. The average molecular weight is 601 g/mol. The summed E-state index contributed by atoms with van der Waals surface area (Å²) in [4.78, 5) is 43.1. The second-order valence-corrected chi connectivity index (χ2v) is 11.0. The molecular weight excluding hydrogens is 560 g/mol. The Morgan fingerprint density at radius 1 is 1.11 bits per heavy atom. The summed E-state index contributed by atoms with van der Waals surface area (Å²) in [6.45, 7) is 2.10. The number of rotatable bonds is 8. The lowest BCUT2D eigenvalue weighted by Crippen LogP contribution is -2.27. The topological polar surface area (TPSA) is 135 Å². The molecule has 0 spiro atoms. The number of esters is 1. The summed E-state index contributed by atoms with van der Waals surface area (Å²) in [7, 11) is 1.55. The zero-order chi connectivity index (χ0) is 31.5. The van der Waals surface area contributed by atoms with Crippen LogP contribution in [0.2, 0.25) is 0 Å². The van der Waals surface area contributed by atoms with Crippen molar-refractivity contribution in [2.75, 3.05) is 13.7 Å². The summed E-state index contributed by atoms with van der Waals surface area (Å²) in [6.07, 6.45) is 8.34. The van der Waals surface area contributed by atoms with Crippen LogP contribution in [-0.4, -0.2) is 52.6 Å². The maximum atomic E-state index is 13.5. The molecule has 0 saturated carbocycles. The lowest BCUT2D eigenvalue weighted by atomic mass is 9.84. The molecule has 2 heterocycles. The first-order chi connectivity index (χ1) is 21.3. The van der Waals surface area contributed by atoms with E-state index in [4.69, 9.17) is 9.47 Å². The number of phenolic OH excluding ortho intramolecular Hbond substituents is 2. The summed E-state index contributed by atoms with van der Waals surface area (Å²) in [5.41, 5.74) is 1.74. The van der Waals surface area contributed by atoms with E-state index in [1.165, 1.54) is 6.07 Å². The molecule has 3 aromatic rings. The molecule has 2 aromatic carbocycles. The maximum absolute atomic E-state index is 13.5. The van der Waals surface area contributed by atoms with E-state index < -0.39 is 23.7 Å². The maximum Gasteiger partial charge on any atom is 0.342 e. The molecule has 4 rings (SSSR count). The fourth-order valence-electron chi connectivity index (χ4n) is 5.38. The number of carbonyl (C=O) groups is 3. The summed E-state index contributed by atoms with van der Waals surface area (Å²) in [5.74, 6) is -1.75. The van der Waals surface area contributed by atoms with E-state index in [0.29, 0.717) is 62.8 Å². The first-order valence-electron chi connectivity index (χ1n) is 15.1. The average Bonchev–Trinajstić information content (AvgIpc) is 3.00. The van der Waals surface area contributed by atoms with E-state index in [9.17, 15) is 24.6 Å². The molecule has 2 atom stereocenters. The molecular formula is C35H40N2O7. The van der Waals surface area contributed by atoms with Crippen LogP contribution in [0.5, 0.6) is 17.2 Å². The number of pyridine rings is 1. The SMILES string of the molecule is COc1ccc(C(CC(=O)NCCc2ccccn2)c2c(O)cc3c(c2O)C(=O)OC(C)CCCC(=O)CCCC=C3)cc1. The number of aromatic hydroxyl groups is 2. The molecule has 1 amide bonds. The van der Waals surface area contributed by atoms with Crippen molar-refractivity contribution in [1.82, 2.24) is 10.3 Å². The summed E-state index contributed by atoms with van der Waals surface area (Å²) in [5, 5.41) is 25.9. The first-order valence-corrected chi connectivity index (χ1v) is 15.1. The highest BCUT2D eigenvalue weighted by molar-refractivity contribution is 5.98. The molecule has 44 heavy (non-hydrogen) atoms. The summed E-state index contributed by atoms with van der Waals surface area (Å²) < 4.78 is 11.0. The Labute approximate surface area is 257 Å². The third-order valence-corrected chi connectivity index (χ3v) is 7.74. The minimum Gasteiger partial charge on any atom is -0.507 e. The van der Waals surface area contributed by atoms with Gasteiger partial charge in [-0.3, -0.25) is 14.6 Å². The quantitative estimate of drug-likeness (QED) is 0.274. The molecule has 232 valence electrons. The van der Waals surface area contributed by atoms with Crippen molar-refractivity contribution in [3.05, 3.63) is 88.8 Å². The smallest absolute Gasteiger partial charge is 0.342 e. The van der Waals surface area contributed by atoms with E-state index in [0.717, 1.165) is 5.69 Å². The van der Waals surface area contributed by atoms with Crippen molar-refractivity contribution >= 4 is 23.7 Å². The zero-order valence-corrected chi connectivity index (χ0v) is 25.3. The van der Waals surface area contributed by atoms with E-state index in [1.54, 1.807) is 50.6 Å². The molecule has 3 N–H and O–H groups in total. The standard InChI is InChI=1S/C35H40N2O7/c1-23-9-8-13-27(38)12-5-3-4-10-25-21-30(39)33(34(41)32(25)35(42)44-23)29(24-14-16-28(43-2)17-15-24)22-31(40)37-20-18-26-11-6-7-19-36-26/h4,6-7,10-11,14-17,19,21,23,29,39,41H,3,5,8-9,12-13,18,20,22H2,1-2H3,(H,37,40). The van der Waals surface area contributed by atoms with Crippen molar-refractivity contribution in [2.45, 2.75) is 70.3 Å². The summed E-state index contributed by atoms with van der Waals surface area (Å²) in [6, 6.07) is 14.0. The highest BCUT2D eigenvalue weighted by Crippen LogP contribution is 2.44. The summed E-state index contributed by atoms with van der Waals surface area (Å²) >= 11 is 0. The number of ketones is 1. The number of amides is 1. The number of aromatic nitrogens is 1. The fourth-order valence-corrected chi connectivity index (χ4v) is 5.38. The van der Waals surface area contributed by atoms with Gasteiger partial charge in [0.25, 0.3) is 0 Å². The monoisotopic (exact) mass is 600 g/mol. The van der Waals surface area contributed by atoms with Crippen molar-refractivity contribution in [1.29, 1.82) is 0 Å². The van der Waals surface area contributed by atoms with Gasteiger partial charge in [-0.1, -0.05) is 30.4 Å². The number of phenols is 2. The van der Waals surface area contributed by atoms with Crippen LogP contribution in [-0.2, 0) is 20.7 Å². The van der Waals surface area contributed by atoms with Gasteiger partial charge >= 0.3 is 5.97 Å². The van der Waals surface area contributed by atoms with Crippen LogP contribution >= 0.6 is 0 Å². The minimum atomic E-state index is -0.797. The number of ether oxygens (including phenoxy) is 2. The van der Waals surface area contributed by atoms with Crippen LogP contribution in [0.15, 0.2) is 60.8 Å². The molecule has 9 nitrogen and oxygen atoms in total. The van der Waals surface area contributed by atoms with E-state index in [-0.39, 0.29) is 40.6 Å². The Kier molecular flexibility index (Phi) is 11.5. The largest absolute Gasteiger partial charge is 0.507 e. The van der Waals surface area contributed by atoms with Gasteiger partial charge in [0, 0.05) is 55.6 Å². The second-order valence-electron chi connectivity index (χ2n) is 11.0. The van der Waals surface area contributed by atoms with Crippen molar-refractivity contribution in [3.63, 3.8) is 0 Å². The van der Waals surface area contributed by atoms with E-state index in [2.05, 4.69) is 10.3 Å². The van der Waals surface area contributed by atoms with Gasteiger partial charge in [-0.25, -0.2) is 4.79 Å². The molecule has 1 aliphatic heterocycles. The predicted octanol–water partition coefficient (Wildman–Crippen LogP) is 5.86. The Bertz CT molecular complexity index is 1470. The Morgan fingerprint density at radius 2 is 1.89 bits per heavy atom. The Balaban J connectivity index is 1.70. The fraction of sp³-hybridized carbons (Fsp3) is 0.371. The van der Waals surface area contributed by atoms with E-state index in [1.807, 2.05) is 24.3 Å². The number of methoxy groups -OCH3 is 1. The van der Waals surface area contributed by atoms with Crippen molar-refractivity contribution < 1.29 is 34.1 Å². The van der Waals surface area contributed by atoms with Gasteiger partial charge in [-0.05, 0) is 74.1 Å². The van der Waals surface area contributed by atoms with Crippen molar-refractivity contribution in [2.24, 2.45) is 0 Å². The number of Topliss-reactive ketones (excluding diaryl/α,β-unsaturated/α-hetero) is 1. The predicted molar refractivity (Wildman–Crippen MR) is 167 cm³/mol. The van der Waals surface area contributed by atoms with Gasteiger partial charge in [0.2, 0.25) is 5.91 Å². The molecule has 1 aliphatic rings. The molecule has 9 heteroatoms. The van der Waals surface area contributed by atoms with Gasteiger partial charge < -0.3 is 25.0 Å². The number of nitrogens with zero attached hydrogens (tertiary/aromatic N) is 1. The third-order valence-electron chi connectivity index (χ3n) is 7.74. The number of hydrogen-bond donors (Lipinski definition) is 3. The number of nitrogens with one attached hydrogen (secondary N) is 1. The number of allylic oxidation sites excluding steroid dienone is 1. The van der Waals surface area contributed by atoms with Crippen LogP contribution in [0.4, 0.5) is 0 Å². The minimum absolute atomic E-state index is 0.0542. The van der Waals surface area contributed by atoms with Crippen LogP contribution in [0.1, 0.15) is 90.5 Å². The molecule has 0 aliphatic carbocycles. The van der Waals surface area contributed by atoms with Gasteiger partial charge in [-0.2, -0.15) is 0 Å². The zero-order valence-electron chi connectivity index (χ0n) is 25.3. The normalized spacial score (nSPS) is 16.7. The highest BCUT2D eigenvalue weighted by atomic mass is 16.5. The Morgan fingerprint density at radius 3 is 2.61 bits per heavy atom. The molecule has 0 bridgehead atoms. The van der Waals surface area contributed by atoms with Crippen LogP contribution in [0.25, 0.3) is 6.08 Å². The number of benzene rings is 2. The molecule has 0 fully saturated rings. The molecule has 0 saturated heterocycles. The lowest BCUT2D eigenvalue weighted by Gasteiger charge is -2.23. The number of carbonyl (C=O) groups excluding carboxylic acids is 3. The van der Waals surface area contributed by atoms with E-state index >= 15 is 0 Å². The second kappa shape index (κ2) is 15.7. The van der Waals surface area contributed by atoms with Gasteiger partial charge in [-0.15, -0.1) is 0 Å². The van der Waals surface area contributed by atoms with Gasteiger partial charge in [0.1, 0.15) is 28.6 Å². The van der Waals surface area contributed by atoms with Gasteiger partial charge in [0.15, 0.2) is 0 Å². The molecule has 2 unspecified atom stereocenters. The number of cyclic esters (lactones) is 1. The van der Waals surface area contributed by atoms with Crippen LogP contribution < -0.4 is 10.1 Å². The lowest BCUT2D eigenvalue weighted by molar-refractivity contribution is -0.121.